The highest BCUT2D eigenvalue weighted by molar-refractivity contribution is 6.52. The summed E-state index contributed by atoms with van der Waals surface area (Å²) >= 11 is 0. The topological polar surface area (TPSA) is 355 Å². The molecule has 9 aromatic rings. The predicted molar refractivity (Wildman–Crippen MR) is 249 cm³/mol. The van der Waals surface area contributed by atoms with Crippen molar-refractivity contribution in [1.82, 2.24) is 15.0 Å². The molecule has 0 bridgehead atoms. The summed E-state index contributed by atoms with van der Waals surface area (Å²) in [4.78, 5) is 12.4. The number of phenols is 15. The molecule has 15 N–H and O–H groups in total. The van der Waals surface area contributed by atoms with Gasteiger partial charge in [0.15, 0.2) is 80.7 Å². The molecule has 0 saturated carbocycles. The van der Waals surface area contributed by atoms with Gasteiger partial charge in [0.1, 0.15) is 57.1 Å². The molecule has 0 aliphatic heterocycles. The second-order valence-corrected chi connectivity index (χ2v) is 15.5. The molecule has 0 aliphatic rings. The van der Waals surface area contributed by atoms with Crippen molar-refractivity contribution in [3.05, 3.63) is 66.7 Å². The lowest BCUT2D eigenvalue weighted by atomic mass is 9.74. The Morgan fingerprint density at radius 2 is 0.672 bits per heavy atom. The highest BCUT2D eigenvalue weighted by Crippen LogP contribution is 2.59. The summed E-state index contributed by atoms with van der Waals surface area (Å²) in [7, 11) is 3.98. The van der Waals surface area contributed by atoms with Crippen LogP contribution in [0.25, 0.3) is 89.5 Å². The largest absolute Gasteiger partial charge is 0.506 e. The normalized spacial score (nSPS) is 11.5. The lowest BCUT2D eigenvalue weighted by molar-refractivity contribution is 0.329. The van der Waals surface area contributed by atoms with Crippen molar-refractivity contribution in [3.63, 3.8) is 0 Å². The third kappa shape index (κ3) is 6.07. The molecule has 332 valence electrons. The molecule has 22 heteroatoms. The van der Waals surface area contributed by atoms with E-state index in [0.29, 0.717) is 16.4 Å². The summed E-state index contributed by atoms with van der Waals surface area (Å²) in [6.07, 6.45) is 0. The van der Waals surface area contributed by atoms with Gasteiger partial charge in [-0.15, -0.1) is 0 Å². The second kappa shape index (κ2) is 15.1. The third-order valence-corrected chi connectivity index (χ3v) is 11.8. The zero-order valence-corrected chi connectivity index (χ0v) is 34.8. The van der Waals surface area contributed by atoms with Gasteiger partial charge in [-0.05, 0) is 16.5 Å². The van der Waals surface area contributed by atoms with Crippen LogP contribution in [0.3, 0.4) is 0 Å². The van der Waals surface area contributed by atoms with Gasteiger partial charge >= 0.3 is 0 Å². The van der Waals surface area contributed by atoms with E-state index in [-0.39, 0.29) is 33.1 Å². The summed E-state index contributed by atoms with van der Waals surface area (Å²) in [5.41, 5.74) is -2.28. The van der Waals surface area contributed by atoms with Crippen molar-refractivity contribution >= 4 is 61.9 Å². The number of rotatable bonds is 6. The molecule has 0 spiro atoms. The van der Waals surface area contributed by atoms with Gasteiger partial charge < -0.3 is 81.0 Å². The molecule has 0 unspecified atom stereocenters. The van der Waals surface area contributed by atoms with Crippen molar-refractivity contribution in [2.75, 3.05) is 0 Å². The minimum absolute atomic E-state index is 0.0484. The lowest BCUT2D eigenvalue weighted by Crippen LogP contribution is -2.28. The molecule has 7 aromatic carbocycles. The number of nitrogens with zero attached hydrogens (tertiary/aromatic N) is 3. The van der Waals surface area contributed by atoms with Crippen LogP contribution in [0.15, 0.2) is 71.1 Å². The van der Waals surface area contributed by atoms with Crippen LogP contribution < -0.4 is 16.4 Å². The molecular weight excluding hydrogens is 871 g/mol. The number of hydrogen-bond acceptors (Lipinski definition) is 19. The molecule has 9 rings (SSSR count). The molecule has 67 heavy (non-hydrogen) atoms. The zero-order valence-electron chi connectivity index (χ0n) is 34.8. The number of para-hydroxylation sites is 2. The minimum Gasteiger partial charge on any atom is -0.506 e. The first-order valence-electron chi connectivity index (χ1n) is 19.8. The van der Waals surface area contributed by atoms with Crippen LogP contribution in [-0.2, 0) is 0 Å². The maximum Gasteiger partial charge on any atom is 0.208 e. The van der Waals surface area contributed by atoms with E-state index in [2.05, 4.69) is 15.0 Å². The van der Waals surface area contributed by atoms with Gasteiger partial charge in [0, 0.05) is 33.0 Å². The maximum atomic E-state index is 12.3. The summed E-state index contributed by atoms with van der Waals surface area (Å²) < 4.78 is 6.52. The number of furan rings is 1. The number of phenolic OH excluding ortho intramolecular Hbond substituents is 15. The Bertz CT molecular complexity index is 3550. The van der Waals surface area contributed by atoms with Gasteiger partial charge in [-0.1, -0.05) is 72.2 Å². The molecule has 0 aliphatic carbocycles. The van der Waals surface area contributed by atoms with Crippen LogP contribution in [-0.4, -0.2) is 115 Å². The van der Waals surface area contributed by atoms with Crippen LogP contribution in [0.1, 0.15) is 0 Å². The van der Waals surface area contributed by atoms with E-state index < -0.39 is 132 Å². The van der Waals surface area contributed by atoms with Gasteiger partial charge in [-0.2, -0.15) is 0 Å². The van der Waals surface area contributed by atoms with E-state index in [1.165, 1.54) is 23.5 Å². The standard InChI is InChI=1S/C45H32B3N3O16/c46-23-18(27(53)37(63)36(62)25(23)48)19-28(54)30(56)21(31(57)29(19)55)44-49-43(50-45(51-44)22-33(59)38(64)40(66)39(65)34(22)60)20-26(52)17(24(47)35(61)32(20)58)16-11-5-10-15-14-9-4-8-13(41(14)67-42(15)16)12-6-2-1-3-7-12/h1-11,52-66H,46-48H2. The van der Waals surface area contributed by atoms with Gasteiger partial charge in [-0.3, -0.25) is 0 Å². The average Bonchev–Trinajstić information content (AvgIpc) is 3.71. The Hall–Kier alpha value is -9.46. The molecule has 0 saturated heterocycles. The second-order valence-electron chi connectivity index (χ2n) is 15.5. The number of fused-ring (bicyclic) bond motifs is 3. The number of benzene rings is 7. The van der Waals surface area contributed by atoms with E-state index in [1.54, 1.807) is 18.2 Å². The highest BCUT2D eigenvalue weighted by atomic mass is 16.4. The van der Waals surface area contributed by atoms with Crippen LogP contribution in [0.4, 0.5) is 0 Å². The van der Waals surface area contributed by atoms with Crippen LogP contribution in [0.5, 0.6) is 86.2 Å². The van der Waals surface area contributed by atoms with Gasteiger partial charge in [0.05, 0.1) is 5.56 Å². The fourth-order valence-corrected chi connectivity index (χ4v) is 8.24. The number of hydrogen-bond donors (Lipinski definition) is 15. The molecular formula is C45H32B3N3O16. The Balaban J connectivity index is 1.35. The number of aromatic hydroxyl groups is 15. The highest BCUT2D eigenvalue weighted by Gasteiger charge is 2.35. The predicted octanol–water partition coefficient (Wildman–Crippen LogP) is 2.13. The van der Waals surface area contributed by atoms with Crippen LogP contribution in [0, 0.1) is 0 Å². The summed E-state index contributed by atoms with van der Waals surface area (Å²) in [6.45, 7) is 0. The molecule has 2 aromatic heterocycles. The fourth-order valence-electron chi connectivity index (χ4n) is 8.24. The number of aromatic nitrogens is 3. The van der Waals surface area contributed by atoms with E-state index in [1.807, 2.05) is 48.5 Å². The van der Waals surface area contributed by atoms with E-state index in [9.17, 15) is 76.6 Å². The van der Waals surface area contributed by atoms with E-state index in [0.717, 1.165) is 11.1 Å². The Kier molecular flexibility index (Phi) is 9.64. The molecule has 0 amide bonds. The SMILES string of the molecule is Bc1c(B)c(-c2c(O)c(O)c(-c3nc(-c4c(O)c(O)c(O)c(O)c4O)nc(-c4c(O)c(O)c(B)c(-c5cccc6c5oc5c(-c7ccccc7)cccc56)c4O)n3)c(O)c2O)c(O)c(O)c1O. The lowest BCUT2D eigenvalue weighted by Gasteiger charge is -2.20. The van der Waals surface area contributed by atoms with Gasteiger partial charge in [0.25, 0.3) is 0 Å². The molecule has 0 atom stereocenters. The molecule has 19 nitrogen and oxygen atoms in total. The van der Waals surface area contributed by atoms with Gasteiger partial charge in [0.2, 0.25) is 17.2 Å². The van der Waals surface area contributed by atoms with Crippen molar-refractivity contribution in [3.8, 4) is 154 Å². The Morgan fingerprint density at radius 1 is 0.299 bits per heavy atom. The fraction of sp³-hybridized carbons (Fsp3) is 0. The van der Waals surface area contributed by atoms with Crippen LogP contribution in [0.2, 0.25) is 0 Å². The van der Waals surface area contributed by atoms with Crippen molar-refractivity contribution in [1.29, 1.82) is 0 Å². The quantitative estimate of drug-likeness (QED) is 0.0645. The van der Waals surface area contributed by atoms with Crippen LogP contribution >= 0.6 is 0 Å². The average molecular weight is 903 g/mol. The van der Waals surface area contributed by atoms with Crippen molar-refractivity contribution < 1.29 is 81.0 Å². The van der Waals surface area contributed by atoms with Gasteiger partial charge in [-0.25, -0.2) is 15.0 Å². The molecule has 2 heterocycles. The monoisotopic (exact) mass is 903 g/mol. The zero-order chi connectivity index (χ0) is 48.2. The molecule has 0 fully saturated rings. The first kappa shape index (κ1) is 42.8. The Labute approximate surface area is 377 Å². The maximum absolute atomic E-state index is 12.3. The van der Waals surface area contributed by atoms with Crippen molar-refractivity contribution in [2.24, 2.45) is 0 Å². The Morgan fingerprint density at radius 3 is 1.19 bits per heavy atom. The summed E-state index contributed by atoms with van der Waals surface area (Å²) in [5.74, 6) is -20.9. The third-order valence-electron chi connectivity index (χ3n) is 11.8. The molecule has 0 radical (unpaired) electrons. The summed E-state index contributed by atoms with van der Waals surface area (Å²) in [6, 6.07) is 19.9. The van der Waals surface area contributed by atoms with Crippen molar-refractivity contribution in [2.45, 2.75) is 0 Å². The van der Waals surface area contributed by atoms with E-state index in [4.69, 9.17) is 4.42 Å². The smallest absolute Gasteiger partial charge is 0.208 e. The summed E-state index contributed by atoms with van der Waals surface area (Å²) in [5, 5.41) is 168. The van der Waals surface area contributed by atoms with E-state index >= 15 is 0 Å². The minimum atomic E-state index is -1.41. The first-order valence-corrected chi connectivity index (χ1v) is 19.8. The first-order chi connectivity index (χ1) is 31.8.